The number of hydrogen-bond donors (Lipinski definition) is 2. The molecular formula is C15H19N3O2S. The SMILES string of the molecule is CC(NC(=O)CSc1ncc(CO)n1C)c1ccccc1. The fourth-order valence-electron chi connectivity index (χ4n) is 1.95. The lowest BCUT2D eigenvalue weighted by atomic mass is 10.1. The second kappa shape index (κ2) is 7.28. The minimum atomic E-state index is -0.0543. The second-order valence-corrected chi connectivity index (χ2v) is 5.68. The van der Waals surface area contributed by atoms with Gasteiger partial charge in [-0.1, -0.05) is 42.1 Å². The maximum absolute atomic E-state index is 12.0. The molecule has 2 N–H and O–H groups in total. The van der Waals surface area contributed by atoms with E-state index in [0.29, 0.717) is 5.75 Å². The maximum atomic E-state index is 12.0. The Morgan fingerprint density at radius 1 is 1.43 bits per heavy atom. The lowest BCUT2D eigenvalue weighted by Gasteiger charge is -2.14. The molecule has 2 aromatic rings. The summed E-state index contributed by atoms with van der Waals surface area (Å²) in [5.41, 5.74) is 1.81. The third kappa shape index (κ3) is 4.09. The van der Waals surface area contributed by atoms with Crippen LogP contribution >= 0.6 is 11.8 Å². The molecule has 1 unspecified atom stereocenters. The van der Waals surface area contributed by atoms with Gasteiger partial charge in [0.2, 0.25) is 5.91 Å². The molecule has 1 heterocycles. The van der Waals surface area contributed by atoms with E-state index in [2.05, 4.69) is 10.3 Å². The molecule has 0 aliphatic heterocycles. The van der Waals surface area contributed by atoms with Gasteiger partial charge in [0.05, 0.1) is 30.3 Å². The molecule has 1 aromatic heterocycles. The number of thioether (sulfide) groups is 1. The number of imidazole rings is 1. The van der Waals surface area contributed by atoms with E-state index in [1.807, 2.05) is 44.3 Å². The first kappa shape index (κ1) is 15.6. The van der Waals surface area contributed by atoms with E-state index in [1.54, 1.807) is 10.8 Å². The van der Waals surface area contributed by atoms with Crippen molar-refractivity contribution in [3.63, 3.8) is 0 Å². The molecule has 0 spiro atoms. The van der Waals surface area contributed by atoms with Gasteiger partial charge < -0.3 is 15.0 Å². The summed E-state index contributed by atoms with van der Waals surface area (Å²) in [6, 6.07) is 9.82. The molecule has 0 fully saturated rings. The Bertz CT molecular complexity index is 598. The van der Waals surface area contributed by atoms with Crippen molar-refractivity contribution in [1.82, 2.24) is 14.9 Å². The van der Waals surface area contributed by atoms with Crippen molar-refractivity contribution in [3.8, 4) is 0 Å². The molecule has 112 valence electrons. The van der Waals surface area contributed by atoms with Gasteiger partial charge in [-0.15, -0.1) is 0 Å². The van der Waals surface area contributed by atoms with Crippen molar-refractivity contribution in [1.29, 1.82) is 0 Å². The van der Waals surface area contributed by atoms with Crippen molar-refractivity contribution in [2.75, 3.05) is 5.75 Å². The fourth-order valence-corrected chi connectivity index (χ4v) is 2.73. The lowest BCUT2D eigenvalue weighted by molar-refractivity contribution is -0.119. The van der Waals surface area contributed by atoms with Crippen molar-refractivity contribution < 1.29 is 9.90 Å². The average Bonchev–Trinajstić information content (AvgIpc) is 2.86. The number of rotatable bonds is 6. The first-order chi connectivity index (χ1) is 10.1. The molecule has 1 aromatic carbocycles. The Kier molecular flexibility index (Phi) is 5.41. The predicted molar refractivity (Wildman–Crippen MR) is 82.9 cm³/mol. The quantitative estimate of drug-likeness (QED) is 0.800. The molecule has 21 heavy (non-hydrogen) atoms. The summed E-state index contributed by atoms with van der Waals surface area (Å²) >= 11 is 1.36. The van der Waals surface area contributed by atoms with Gasteiger partial charge in [0.1, 0.15) is 0 Å². The Morgan fingerprint density at radius 2 is 2.14 bits per heavy atom. The van der Waals surface area contributed by atoms with E-state index in [1.165, 1.54) is 11.8 Å². The van der Waals surface area contributed by atoms with Crippen LogP contribution in [0.1, 0.15) is 24.2 Å². The molecule has 0 saturated carbocycles. The van der Waals surface area contributed by atoms with Crippen LogP contribution in [-0.2, 0) is 18.4 Å². The zero-order valence-corrected chi connectivity index (χ0v) is 12.9. The summed E-state index contributed by atoms with van der Waals surface area (Å²) in [4.78, 5) is 16.2. The van der Waals surface area contributed by atoms with Gasteiger partial charge in [-0.05, 0) is 12.5 Å². The lowest BCUT2D eigenvalue weighted by Crippen LogP contribution is -2.28. The van der Waals surface area contributed by atoms with Crippen molar-refractivity contribution >= 4 is 17.7 Å². The first-order valence-corrected chi connectivity index (χ1v) is 7.69. The smallest absolute Gasteiger partial charge is 0.230 e. The summed E-state index contributed by atoms with van der Waals surface area (Å²) in [6.45, 7) is 1.91. The van der Waals surface area contributed by atoms with Crippen molar-refractivity contribution in [2.24, 2.45) is 7.05 Å². The summed E-state index contributed by atoms with van der Waals surface area (Å²) in [6.07, 6.45) is 1.62. The van der Waals surface area contributed by atoms with Gasteiger partial charge in [0, 0.05) is 7.05 Å². The van der Waals surface area contributed by atoms with Crippen LogP contribution in [0.2, 0.25) is 0 Å². The highest BCUT2D eigenvalue weighted by Gasteiger charge is 2.12. The number of hydrogen-bond acceptors (Lipinski definition) is 4. The van der Waals surface area contributed by atoms with E-state index in [0.717, 1.165) is 16.4 Å². The number of nitrogens with one attached hydrogen (secondary N) is 1. The molecular weight excluding hydrogens is 286 g/mol. The minimum Gasteiger partial charge on any atom is -0.390 e. The van der Waals surface area contributed by atoms with E-state index < -0.39 is 0 Å². The van der Waals surface area contributed by atoms with Crippen LogP contribution in [0.15, 0.2) is 41.7 Å². The van der Waals surface area contributed by atoms with Crippen LogP contribution in [0.4, 0.5) is 0 Å². The zero-order chi connectivity index (χ0) is 15.2. The Labute approximate surface area is 128 Å². The molecule has 5 nitrogen and oxygen atoms in total. The number of benzene rings is 1. The van der Waals surface area contributed by atoms with E-state index in [4.69, 9.17) is 5.11 Å². The van der Waals surface area contributed by atoms with Crippen LogP contribution in [-0.4, -0.2) is 26.3 Å². The largest absolute Gasteiger partial charge is 0.390 e. The van der Waals surface area contributed by atoms with Gasteiger partial charge >= 0.3 is 0 Å². The number of carbonyl (C=O) groups excluding carboxylic acids is 1. The van der Waals surface area contributed by atoms with Crippen LogP contribution in [0.5, 0.6) is 0 Å². The summed E-state index contributed by atoms with van der Waals surface area (Å²) in [7, 11) is 1.82. The molecule has 0 bridgehead atoms. The minimum absolute atomic E-state index is 0.0197. The van der Waals surface area contributed by atoms with Crippen molar-refractivity contribution in [2.45, 2.75) is 24.7 Å². The molecule has 1 atom stereocenters. The normalized spacial score (nSPS) is 12.1. The molecule has 0 aliphatic carbocycles. The van der Waals surface area contributed by atoms with E-state index >= 15 is 0 Å². The Balaban J connectivity index is 1.86. The standard InChI is InChI=1S/C15H19N3O2S/c1-11(12-6-4-3-5-7-12)17-14(20)10-21-15-16-8-13(9-19)18(15)2/h3-8,11,19H,9-10H2,1-2H3,(H,17,20). The molecule has 0 aliphatic rings. The number of amides is 1. The third-order valence-corrected chi connectivity index (χ3v) is 4.26. The molecule has 0 saturated heterocycles. The number of carbonyl (C=O) groups is 1. The zero-order valence-electron chi connectivity index (χ0n) is 12.1. The monoisotopic (exact) mass is 305 g/mol. The van der Waals surface area contributed by atoms with Crippen LogP contribution < -0.4 is 5.32 Å². The topological polar surface area (TPSA) is 67.2 Å². The number of aliphatic hydroxyl groups is 1. The third-order valence-electron chi connectivity index (χ3n) is 3.21. The van der Waals surface area contributed by atoms with E-state index in [-0.39, 0.29) is 18.6 Å². The molecule has 2 rings (SSSR count). The second-order valence-electron chi connectivity index (χ2n) is 4.74. The molecule has 1 amide bonds. The summed E-state index contributed by atoms with van der Waals surface area (Å²) in [5, 5.41) is 12.8. The van der Waals surface area contributed by atoms with Gasteiger partial charge in [0.25, 0.3) is 0 Å². The summed E-state index contributed by atoms with van der Waals surface area (Å²) < 4.78 is 1.79. The average molecular weight is 305 g/mol. The van der Waals surface area contributed by atoms with Gasteiger partial charge in [-0.3, -0.25) is 4.79 Å². The predicted octanol–water partition coefficient (Wildman–Crippen LogP) is 1.88. The highest BCUT2D eigenvalue weighted by molar-refractivity contribution is 7.99. The molecule has 6 heteroatoms. The maximum Gasteiger partial charge on any atom is 0.230 e. The Morgan fingerprint density at radius 3 is 2.76 bits per heavy atom. The fraction of sp³-hybridized carbons (Fsp3) is 0.333. The number of aliphatic hydroxyl groups excluding tert-OH is 1. The van der Waals surface area contributed by atoms with Crippen LogP contribution in [0, 0.1) is 0 Å². The highest BCUT2D eigenvalue weighted by atomic mass is 32.2. The van der Waals surface area contributed by atoms with Gasteiger partial charge in [0.15, 0.2) is 5.16 Å². The number of nitrogens with zero attached hydrogens (tertiary/aromatic N) is 2. The van der Waals surface area contributed by atoms with Crippen molar-refractivity contribution in [3.05, 3.63) is 47.8 Å². The summed E-state index contributed by atoms with van der Waals surface area (Å²) in [5.74, 6) is 0.261. The van der Waals surface area contributed by atoms with E-state index in [9.17, 15) is 4.79 Å². The first-order valence-electron chi connectivity index (χ1n) is 6.70. The van der Waals surface area contributed by atoms with Crippen LogP contribution in [0.25, 0.3) is 0 Å². The Hall–Kier alpha value is -1.79. The van der Waals surface area contributed by atoms with Gasteiger partial charge in [-0.25, -0.2) is 4.98 Å². The van der Waals surface area contributed by atoms with Crippen LogP contribution in [0.3, 0.4) is 0 Å². The highest BCUT2D eigenvalue weighted by Crippen LogP contribution is 2.18. The van der Waals surface area contributed by atoms with Gasteiger partial charge in [-0.2, -0.15) is 0 Å². The molecule has 0 radical (unpaired) electrons. The number of aromatic nitrogens is 2.